The first-order valence-corrected chi connectivity index (χ1v) is 13.8. The molecule has 9 heteroatoms. The first kappa shape index (κ1) is 23.3. The van der Waals surface area contributed by atoms with Gasteiger partial charge in [-0.2, -0.15) is 0 Å². The number of thioether (sulfide) groups is 1. The second-order valence-electron chi connectivity index (χ2n) is 9.75. The number of pyridine rings is 1. The lowest BCUT2D eigenvalue weighted by atomic mass is 10.1. The number of hydrogen-bond acceptors (Lipinski definition) is 6. The van der Waals surface area contributed by atoms with E-state index in [2.05, 4.69) is 56.5 Å². The standard InChI is InChI=1S/C27H27ClN6OS/c1-15-8-20(15)17-6-7-25-30-19(14-34(25)13-17)12-29-23-11-24(33-27(32-23)36-2)31-26(35)22-10-21(22)16-4-3-5-18(28)9-16/h3-7,9,11,13-15,20-22H,8,10,12H2,1-2H3,(H2,29,31,32,33,35)/t15?,20?,21-,22+/m0/s1. The van der Waals surface area contributed by atoms with Gasteiger partial charge in [0.25, 0.3) is 0 Å². The third kappa shape index (κ3) is 4.92. The zero-order chi connectivity index (χ0) is 24.8. The summed E-state index contributed by atoms with van der Waals surface area (Å²) >= 11 is 7.55. The highest BCUT2D eigenvalue weighted by Crippen LogP contribution is 2.48. The summed E-state index contributed by atoms with van der Waals surface area (Å²) in [5, 5.41) is 7.62. The van der Waals surface area contributed by atoms with Crippen molar-refractivity contribution in [3.05, 3.63) is 76.7 Å². The van der Waals surface area contributed by atoms with E-state index in [1.165, 1.54) is 23.7 Å². The van der Waals surface area contributed by atoms with Crippen molar-refractivity contribution in [1.82, 2.24) is 19.4 Å². The molecule has 0 saturated heterocycles. The molecule has 6 rings (SSSR count). The fourth-order valence-corrected chi connectivity index (χ4v) is 5.39. The Kier molecular flexibility index (Phi) is 6.09. The highest BCUT2D eigenvalue weighted by atomic mass is 35.5. The number of rotatable bonds is 8. The Hall–Kier alpha value is -3.10. The average Bonchev–Trinajstić information content (AvgIpc) is 3.78. The van der Waals surface area contributed by atoms with Crippen molar-refractivity contribution in [3.63, 3.8) is 0 Å². The van der Waals surface area contributed by atoms with Crippen molar-refractivity contribution in [1.29, 1.82) is 0 Å². The van der Waals surface area contributed by atoms with Crippen molar-refractivity contribution >= 4 is 46.6 Å². The number of hydrogen-bond donors (Lipinski definition) is 2. The maximum Gasteiger partial charge on any atom is 0.229 e. The summed E-state index contributed by atoms with van der Waals surface area (Å²) in [5.74, 6) is 2.68. The van der Waals surface area contributed by atoms with Gasteiger partial charge in [0.1, 0.15) is 17.3 Å². The number of aromatic nitrogens is 4. The van der Waals surface area contributed by atoms with E-state index in [0.29, 0.717) is 34.3 Å². The molecule has 3 heterocycles. The van der Waals surface area contributed by atoms with Crippen molar-refractivity contribution in [2.24, 2.45) is 11.8 Å². The van der Waals surface area contributed by atoms with Crippen LogP contribution in [0, 0.1) is 11.8 Å². The van der Waals surface area contributed by atoms with Crippen molar-refractivity contribution in [2.45, 2.75) is 43.3 Å². The Bertz CT molecular complexity index is 1460. The van der Waals surface area contributed by atoms with Crippen LogP contribution in [0.5, 0.6) is 0 Å². The molecule has 2 N–H and O–H groups in total. The van der Waals surface area contributed by atoms with Gasteiger partial charge in [0.2, 0.25) is 5.91 Å². The number of anilines is 2. The van der Waals surface area contributed by atoms with E-state index in [0.717, 1.165) is 29.2 Å². The van der Waals surface area contributed by atoms with Gasteiger partial charge in [0, 0.05) is 29.4 Å². The number of nitrogens with one attached hydrogen (secondary N) is 2. The summed E-state index contributed by atoms with van der Waals surface area (Å²) in [6.45, 7) is 2.82. The van der Waals surface area contributed by atoms with E-state index in [-0.39, 0.29) is 17.7 Å². The predicted molar refractivity (Wildman–Crippen MR) is 144 cm³/mol. The van der Waals surface area contributed by atoms with Crippen LogP contribution in [0.1, 0.15) is 48.4 Å². The number of benzene rings is 1. The maximum absolute atomic E-state index is 12.9. The van der Waals surface area contributed by atoms with E-state index in [9.17, 15) is 4.79 Å². The van der Waals surface area contributed by atoms with Crippen molar-refractivity contribution < 1.29 is 4.79 Å². The van der Waals surface area contributed by atoms with E-state index < -0.39 is 0 Å². The van der Waals surface area contributed by atoms with Crippen LogP contribution < -0.4 is 10.6 Å². The quantitative estimate of drug-likeness (QED) is 0.220. The van der Waals surface area contributed by atoms with E-state index in [1.807, 2.05) is 30.5 Å². The molecule has 0 aliphatic heterocycles. The number of fused-ring (bicyclic) bond motifs is 1. The molecule has 1 amide bonds. The summed E-state index contributed by atoms with van der Waals surface area (Å²) in [4.78, 5) is 26.7. The first-order valence-electron chi connectivity index (χ1n) is 12.2. The van der Waals surface area contributed by atoms with Gasteiger partial charge in [-0.1, -0.05) is 48.5 Å². The molecule has 2 aliphatic rings. The van der Waals surface area contributed by atoms with Crippen LogP contribution in [-0.2, 0) is 11.3 Å². The van der Waals surface area contributed by atoms with Crippen LogP contribution in [0.3, 0.4) is 0 Å². The Balaban J connectivity index is 1.12. The summed E-state index contributed by atoms with van der Waals surface area (Å²) in [6, 6.07) is 13.8. The van der Waals surface area contributed by atoms with Crippen LogP contribution >= 0.6 is 23.4 Å². The zero-order valence-electron chi connectivity index (χ0n) is 20.1. The molecule has 3 aromatic heterocycles. The molecule has 0 bridgehead atoms. The van der Waals surface area contributed by atoms with Gasteiger partial charge in [0.05, 0.1) is 12.2 Å². The summed E-state index contributed by atoms with van der Waals surface area (Å²) in [6.07, 6.45) is 8.25. The van der Waals surface area contributed by atoms with Gasteiger partial charge < -0.3 is 15.0 Å². The topological polar surface area (TPSA) is 84.2 Å². The van der Waals surface area contributed by atoms with Crippen LogP contribution in [0.4, 0.5) is 11.6 Å². The van der Waals surface area contributed by atoms with Gasteiger partial charge in [-0.25, -0.2) is 15.0 Å². The van der Waals surface area contributed by atoms with E-state index >= 15 is 0 Å². The average molecular weight is 519 g/mol. The maximum atomic E-state index is 12.9. The lowest BCUT2D eigenvalue weighted by Crippen LogP contribution is -2.16. The number of amides is 1. The number of nitrogens with zero attached hydrogens (tertiary/aromatic N) is 4. The molecule has 184 valence electrons. The lowest BCUT2D eigenvalue weighted by molar-refractivity contribution is -0.117. The number of carbonyl (C=O) groups is 1. The van der Waals surface area contributed by atoms with Crippen LogP contribution in [0.2, 0.25) is 5.02 Å². The Morgan fingerprint density at radius 2 is 1.89 bits per heavy atom. The van der Waals surface area contributed by atoms with Crippen LogP contribution in [0.25, 0.3) is 5.65 Å². The van der Waals surface area contributed by atoms with Crippen molar-refractivity contribution in [2.75, 3.05) is 16.9 Å². The smallest absolute Gasteiger partial charge is 0.229 e. The largest absolute Gasteiger partial charge is 0.364 e. The van der Waals surface area contributed by atoms with Gasteiger partial charge >= 0.3 is 0 Å². The molecule has 0 spiro atoms. The third-order valence-electron chi connectivity index (χ3n) is 7.06. The molecule has 36 heavy (non-hydrogen) atoms. The zero-order valence-corrected chi connectivity index (χ0v) is 21.7. The fraction of sp³-hybridized carbons (Fsp3) is 0.333. The summed E-state index contributed by atoms with van der Waals surface area (Å²) < 4.78 is 2.10. The molecule has 1 aromatic carbocycles. The normalized spacial score (nSPS) is 22.4. The Morgan fingerprint density at radius 3 is 2.67 bits per heavy atom. The minimum absolute atomic E-state index is 0.0298. The number of imidazole rings is 1. The van der Waals surface area contributed by atoms with Gasteiger partial charge in [0.15, 0.2) is 5.16 Å². The highest BCUT2D eigenvalue weighted by Gasteiger charge is 2.44. The Labute approximate surface area is 219 Å². The molecule has 2 unspecified atom stereocenters. The van der Waals surface area contributed by atoms with Gasteiger partial charge in [-0.3, -0.25) is 4.79 Å². The molecule has 2 aliphatic carbocycles. The summed E-state index contributed by atoms with van der Waals surface area (Å²) in [7, 11) is 0. The van der Waals surface area contributed by atoms with Crippen molar-refractivity contribution in [3.8, 4) is 0 Å². The monoisotopic (exact) mass is 518 g/mol. The number of carbonyl (C=O) groups excluding carboxylic acids is 1. The minimum Gasteiger partial charge on any atom is -0.364 e. The molecule has 0 radical (unpaired) electrons. The fourth-order valence-electron chi connectivity index (χ4n) is 4.81. The SMILES string of the molecule is CSc1nc(NCc2cn3cc(C4CC4C)ccc3n2)cc(NC(=O)[C@@H]2C[C@H]2c2cccc(Cl)c2)n1. The first-order chi connectivity index (χ1) is 17.5. The third-order valence-corrected chi connectivity index (χ3v) is 7.84. The highest BCUT2D eigenvalue weighted by molar-refractivity contribution is 7.98. The number of halogens is 1. The van der Waals surface area contributed by atoms with Crippen LogP contribution in [-0.4, -0.2) is 31.5 Å². The Morgan fingerprint density at radius 1 is 1.06 bits per heavy atom. The van der Waals surface area contributed by atoms with E-state index in [1.54, 1.807) is 6.07 Å². The predicted octanol–water partition coefficient (Wildman–Crippen LogP) is 5.98. The van der Waals surface area contributed by atoms with Crippen LogP contribution in [0.15, 0.2) is 60.0 Å². The van der Waals surface area contributed by atoms with Gasteiger partial charge in [-0.15, -0.1) is 0 Å². The molecule has 4 atom stereocenters. The molecule has 7 nitrogen and oxygen atoms in total. The second kappa shape index (κ2) is 9.41. The minimum atomic E-state index is -0.0749. The second-order valence-corrected chi connectivity index (χ2v) is 11.0. The van der Waals surface area contributed by atoms with Gasteiger partial charge in [-0.05, 0) is 66.2 Å². The molecule has 2 saturated carbocycles. The molecule has 2 fully saturated rings. The molecular weight excluding hydrogens is 492 g/mol. The molecular formula is C27H27ClN6OS. The van der Waals surface area contributed by atoms with E-state index in [4.69, 9.17) is 16.6 Å². The lowest BCUT2D eigenvalue weighted by Gasteiger charge is -2.09. The summed E-state index contributed by atoms with van der Waals surface area (Å²) in [5.41, 5.74) is 4.33. The molecule has 4 aromatic rings.